The van der Waals surface area contributed by atoms with Gasteiger partial charge >= 0.3 is 0 Å². The molecule has 0 radical (unpaired) electrons. The predicted octanol–water partition coefficient (Wildman–Crippen LogP) is 2.75. The maximum absolute atomic E-state index is 13.5. The van der Waals surface area contributed by atoms with Gasteiger partial charge in [-0.3, -0.25) is 0 Å². The molecule has 0 heterocycles. The van der Waals surface area contributed by atoms with Crippen LogP contribution in [0.1, 0.15) is 11.1 Å². The zero-order valence-electron chi connectivity index (χ0n) is 10.3. The Labute approximate surface area is 111 Å². The summed E-state index contributed by atoms with van der Waals surface area (Å²) in [5.41, 5.74) is 1.41. The van der Waals surface area contributed by atoms with Crippen molar-refractivity contribution in [3.8, 4) is 17.6 Å². The fourth-order valence-electron chi connectivity index (χ4n) is 1.53. The van der Waals surface area contributed by atoms with Gasteiger partial charge in [-0.2, -0.15) is 0 Å². The van der Waals surface area contributed by atoms with E-state index in [0.717, 1.165) is 5.56 Å². The number of ether oxygens (including phenoxy) is 1. The first-order valence-electron chi connectivity index (χ1n) is 5.85. The van der Waals surface area contributed by atoms with Crippen LogP contribution >= 0.6 is 0 Å². The Morgan fingerprint density at radius 1 is 1.11 bits per heavy atom. The van der Waals surface area contributed by atoms with Crippen LogP contribution in [0.2, 0.25) is 0 Å². The standard InChI is InChI=1S/C16H13FO2/c17-15-11-14(12-18)8-9-16(15)19-10-4-7-13-5-2-1-3-6-13/h1-3,5-6,8-9,11,18H,10,12H2. The van der Waals surface area contributed by atoms with Gasteiger partial charge in [0.1, 0.15) is 6.61 Å². The molecule has 0 unspecified atom stereocenters. The second-order valence-corrected chi connectivity index (χ2v) is 3.88. The molecule has 0 atom stereocenters. The first kappa shape index (κ1) is 13.1. The van der Waals surface area contributed by atoms with Gasteiger partial charge in [0.25, 0.3) is 0 Å². The Morgan fingerprint density at radius 3 is 2.58 bits per heavy atom. The van der Waals surface area contributed by atoms with E-state index in [2.05, 4.69) is 11.8 Å². The zero-order chi connectivity index (χ0) is 13.5. The minimum absolute atomic E-state index is 0.115. The van der Waals surface area contributed by atoms with Crippen molar-refractivity contribution in [2.75, 3.05) is 6.61 Å². The van der Waals surface area contributed by atoms with Crippen molar-refractivity contribution in [3.05, 3.63) is 65.5 Å². The van der Waals surface area contributed by atoms with Crippen molar-refractivity contribution >= 4 is 0 Å². The summed E-state index contributed by atoms with van der Waals surface area (Å²) in [6.07, 6.45) is 0. The fourth-order valence-corrected chi connectivity index (χ4v) is 1.53. The highest BCUT2D eigenvalue weighted by Crippen LogP contribution is 2.18. The topological polar surface area (TPSA) is 29.5 Å². The Bertz CT molecular complexity index is 597. The summed E-state index contributed by atoms with van der Waals surface area (Å²) < 4.78 is 18.7. The lowest BCUT2D eigenvalue weighted by Crippen LogP contribution is -1.97. The van der Waals surface area contributed by atoms with Crippen LogP contribution in [0.5, 0.6) is 5.75 Å². The number of halogens is 1. The maximum Gasteiger partial charge on any atom is 0.165 e. The Morgan fingerprint density at radius 2 is 1.89 bits per heavy atom. The van der Waals surface area contributed by atoms with Crippen LogP contribution in [0.25, 0.3) is 0 Å². The van der Waals surface area contributed by atoms with E-state index in [0.29, 0.717) is 5.56 Å². The van der Waals surface area contributed by atoms with Crippen LogP contribution in [-0.2, 0) is 6.61 Å². The summed E-state index contributed by atoms with van der Waals surface area (Å²) in [5.74, 6) is 5.38. The van der Waals surface area contributed by atoms with E-state index in [1.54, 1.807) is 6.07 Å². The molecule has 19 heavy (non-hydrogen) atoms. The smallest absolute Gasteiger partial charge is 0.165 e. The molecule has 2 aromatic rings. The van der Waals surface area contributed by atoms with Crippen LogP contribution in [0.15, 0.2) is 48.5 Å². The fraction of sp³-hybridized carbons (Fsp3) is 0.125. The number of benzene rings is 2. The predicted molar refractivity (Wildman–Crippen MR) is 71.1 cm³/mol. The van der Waals surface area contributed by atoms with Crippen LogP contribution in [0.3, 0.4) is 0 Å². The lowest BCUT2D eigenvalue weighted by atomic mass is 10.2. The van der Waals surface area contributed by atoms with Crippen molar-refractivity contribution in [1.82, 2.24) is 0 Å². The van der Waals surface area contributed by atoms with Gasteiger partial charge in [0.15, 0.2) is 11.6 Å². The number of rotatable bonds is 3. The van der Waals surface area contributed by atoms with E-state index in [4.69, 9.17) is 9.84 Å². The van der Waals surface area contributed by atoms with Crippen molar-refractivity contribution in [2.45, 2.75) is 6.61 Å². The monoisotopic (exact) mass is 256 g/mol. The van der Waals surface area contributed by atoms with E-state index in [9.17, 15) is 4.39 Å². The van der Waals surface area contributed by atoms with Crippen LogP contribution in [0.4, 0.5) is 4.39 Å². The third kappa shape index (κ3) is 3.84. The summed E-state index contributed by atoms with van der Waals surface area (Å²) in [5, 5.41) is 8.86. The van der Waals surface area contributed by atoms with Gasteiger partial charge < -0.3 is 9.84 Å². The van der Waals surface area contributed by atoms with E-state index in [-0.39, 0.29) is 19.0 Å². The third-order valence-corrected chi connectivity index (χ3v) is 2.49. The Kier molecular flexibility index (Phi) is 4.54. The third-order valence-electron chi connectivity index (χ3n) is 2.49. The molecule has 2 aromatic carbocycles. The molecule has 0 spiro atoms. The lowest BCUT2D eigenvalue weighted by Gasteiger charge is -2.04. The molecule has 96 valence electrons. The highest BCUT2D eigenvalue weighted by molar-refractivity contribution is 5.34. The molecular formula is C16H13FO2. The van der Waals surface area contributed by atoms with Crippen molar-refractivity contribution < 1.29 is 14.2 Å². The molecular weight excluding hydrogens is 243 g/mol. The molecule has 0 aliphatic rings. The molecule has 2 nitrogen and oxygen atoms in total. The normalized spacial score (nSPS) is 9.58. The van der Waals surface area contributed by atoms with Crippen LogP contribution in [-0.4, -0.2) is 11.7 Å². The summed E-state index contributed by atoms with van der Waals surface area (Å²) in [4.78, 5) is 0. The maximum atomic E-state index is 13.5. The van der Waals surface area contributed by atoms with E-state index in [1.165, 1.54) is 12.1 Å². The van der Waals surface area contributed by atoms with Gasteiger partial charge in [-0.05, 0) is 29.8 Å². The number of hydrogen-bond acceptors (Lipinski definition) is 2. The minimum atomic E-state index is -0.493. The average Bonchev–Trinajstić information content (AvgIpc) is 2.46. The van der Waals surface area contributed by atoms with Gasteiger partial charge in [-0.25, -0.2) is 4.39 Å². The molecule has 2 rings (SSSR count). The molecule has 3 heteroatoms. The molecule has 0 fully saturated rings. The molecule has 0 amide bonds. The van der Waals surface area contributed by atoms with Gasteiger partial charge in [0.05, 0.1) is 6.61 Å². The van der Waals surface area contributed by atoms with Crippen molar-refractivity contribution in [1.29, 1.82) is 0 Å². The molecule has 1 N–H and O–H groups in total. The molecule has 0 saturated heterocycles. The van der Waals surface area contributed by atoms with Crippen LogP contribution in [0, 0.1) is 17.7 Å². The average molecular weight is 256 g/mol. The lowest BCUT2D eigenvalue weighted by molar-refractivity contribution is 0.280. The van der Waals surface area contributed by atoms with E-state index >= 15 is 0 Å². The first-order valence-corrected chi connectivity index (χ1v) is 5.85. The first-order chi connectivity index (χ1) is 9.29. The molecule has 0 aromatic heterocycles. The summed E-state index contributed by atoms with van der Waals surface area (Å²) in [6.45, 7) is -0.0741. The Balaban J connectivity index is 1.95. The Hall–Kier alpha value is -2.31. The quantitative estimate of drug-likeness (QED) is 0.856. The largest absolute Gasteiger partial charge is 0.478 e. The molecule has 0 saturated carbocycles. The SMILES string of the molecule is OCc1ccc(OCC#Cc2ccccc2)c(F)c1. The van der Waals surface area contributed by atoms with E-state index < -0.39 is 5.82 Å². The van der Waals surface area contributed by atoms with E-state index in [1.807, 2.05) is 30.3 Å². The molecule has 0 aliphatic heterocycles. The zero-order valence-corrected chi connectivity index (χ0v) is 10.3. The van der Waals surface area contributed by atoms with Gasteiger partial charge in [-0.15, -0.1) is 0 Å². The second kappa shape index (κ2) is 6.58. The summed E-state index contributed by atoms with van der Waals surface area (Å²) in [7, 11) is 0. The number of aliphatic hydroxyl groups excluding tert-OH is 1. The van der Waals surface area contributed by atoms with Gasteiger partial charge in [0, 0.05) is 5.56 Å². The summed E-state index contributed by atoms with van der Waals surface area (Å²) in [6, 6.07) is 13.9. The van der Waals surface area contributed by atoms with Crippen molar-refractivity contribution in [3.63, 3.8) is 0 Å². The molecule has 0 bridgehead atoms. The van der Waals surface area contributed by atoms with Gasteiger partial charge in [-0.1, -0.05) is 36.1 Å². The minimum Gasteiger partial charge on any atom is -0.478 e. The van der Waals surface area contributed by atoms with Crippen LogP contribution < -0.4 is 4.74 Å². The number of aliphatic hydroxyl groups is 1. The van der Waals surface area contributed by atoms with Crippen molar-refractivity contribution in [2.24, 2.45) is 0 Å². The highest BCUT2D eigenvalue weighted by Gasteiger charge is 2.03. The second-order valence-electron chi connectivity index (χ2n) is 3.88. The highest BCUT2D eigenvalue weighted by atomic mass is 19.1. The summed E-state index contributed by atoms with van der Waals surface area (Å²) >= 11 is 0. The van der Waals surface area contributed by atoms with Gasteiger partial charge in [0.2, 0.25) is 0 Å². The number of hydrogen-bond donors (Lipinski definition) is 1. The molecule has 0 aliphatic carbocycles.